The van der Waals surface area contributed by atoms with Crippen molar-refractivity contribution in [2.75, 3.05) is 0 Å². The van der Waals surface area contributed by atoms with Gasteiger partial charge in [-0.25, -0.2) is 4.79 Å². The zero-order chi connectivity index (χ0) is 12.3. The lowest BCUT2D eigenvalue weighted by atomic mass is 10.2. The highest BCUT2D eigenvalue weighted by Gasteiger charge is 2.05. The summed E-state index contributed by atoms with van der Waals surface area (Å²) in [6.07, 6.45) is 2.76. The quantitative estimate of drug-likeness (QED) is 0.879. The molecule has 0 saturated heterocycles. The maximum Gasteiger partial charge on any atom is 0.337 e. The summed E-state index contributed by atoms with van der Waals surface area (Å²) in [6, 6.07) is 8.92. The van der Waals surface area contributed by atoms with Crippen LogP contribution in [0.25, 0.3) is 0 Å². The first-order valence-electron chi connectivity index (χ1n) is 5.08. The summed E-state index contributed by atoms with van der Waals surface area (Å²) in [6.45, 7) is 1.98. The molecule has 1 N–H and O–H groups in total. The summed E-state index contributed by atoms with van der Waals surface area (Å²) in [5.41, 5.74) is 1.24. The average molecular weight is 229 g/mol. The fourth-order valence-electron chi connectivity index (χ4n) is 1.33. The van der Waals surface area contributed by atoms with Crippen molar-refractivity contribution in [1.82, 2.24) is 4.98 Å². The molecule has 0 unspecified atom stereocenters. The summed E-state index contributed by atoms with van der Waals surface area (Å²) < 4.78 is 5.50. The highest BCUT2D eigenvalue weighted by Crippen LogP contribution is 2.21. The summed E-state index contributed by atoms with van der Waals surface area (Å²) >= 11 is 0. The summed E-state index contributed by atoms with van der Waals surface area (Å²) in [5.74, 6) is 0.0422. The maximum absolute atomic E-state index is 10.8. The third-order valence-corrected chi connectivity index (χ3v) is 2.22. The van der Waals surface area contributed by atoms with Gasteiger partial charge in [-0.3, -0.25) is 4.98 Å². The summed E-state index contributed by atoms with van der Waals surface area (Å²) in [7, 11) is 0. The van der Waals surface area contributed by atoms with Gasteiger partial charge in [0.25, 0.3) is 0 Å². The van der Waals surface area contributed by atoms with Gasteiger partial charge in [0.2, 0.25) is 0 Å². The number of pyridine rings is 1. The van der Waals surface area contributed by atoms with Crippen LogP contribution in [0.5, 0.6) is 11.5 Å². The molecule has 0 spiro atoms. The van der Waals surface area contributed by atoms with Gasteiger partial charge >= 0.3 is 5.97 Å². The van der Waals surface area contributed by atoms with Crippen LogP contribution in [0.2, 0.25) is 0 Å². The minimum atomic E-state index is -1.02. The largest absolute Gasteiger partial charge is 0.478 e. The van der Waals surface area contributed by atoms with E-state index in [1.165, 1.54) is 18.5 Å². The zero-order valence-electron chi connectivity index (χ0n) is 9.25. The molecule has 0 bridgehead atoms. The number of hydrogen-bond acceptors (Lipinski definition) is 3. The Morgan fingerprint density at radius 2 is 1.88 bits per heavy atom. The molecule has 17 heavy (non-hydrogen) atoms. The molecule has 0 aliphatic carbocycles. The number of carboxylic acid groups (broad SMARTS) is 1. The van der Waals surface area contributed by atoms with E-state index in [0.29, 0.717) is 11.5 Å². The standard InChI is InChI=1S/C13H11NO3/c1-9-2-4-11(5-3-9)17-12-6-10(13(15)16)7-14-8-12/h2-8H,1H3,(H,15,16). The van der Waals surface area contributed by atoms with E-state index in [1.807, 2.05) is 31.2 Å². The number of aryl methyl sites for hydroxylation is 1. The fraction of sp³-hybridized carbons (Fsp3) is 0.0769. The van der Waals surface area contributed by atoms with E-state index in [4.69, 9.17) is 9.84 Å². The van der Waals surface area contributed by atoms with Crippen molar-refractivity contribution >= 4 is 5.97 Å². The smallest absolute Gasteiger partial charge is 0.337 e. The van der Waals surface area contributed by atoms with Crippen molar-refractivity contribution in [2.24, 2.45) is 0 Å². The Bertz CT molecular complexity index is 535. The minimum absolute atomic E-state index is 0.106. The topological polar surface area (TPSA) is 59.4 Å². The molecular formula is C13H11NO3. The van der Waals surface area contributed by atoms with Crippen LogP contribution < -0.4 is 4.74 Å². The van der Waals surface area contributed by atoms with Crippen LogP contribution in [0.4, 0.5) is 0 Å². The Labute approximate surface area is 98.5 Å². The molecule has 4 nitrogen and oxygen atoms in total. The van der Waals surface area contributed by atoms with Gasteiger partial charge in [0.05, 0.1) is 11.8 Å². The number of ether oxygens (including phenoxy) is 1. The molecule has 0 aliphatic rings. The first-order valence-corrected chi connectivity index (χ1v) is 5.08. The monoisotopic (exact) mass is 229 g/mol. The van der Waals surface area contributed by atoms with Crippen LogP contribution >= 0.6 is 0 Å². The maximum atomic E-state index is 10.8. The Balaban J connectivity index is 2.21. The van der Waals surface area contributed by atoms with Crippen LogP contribution in [-0.2, 0) is 0 Å². The van der Waals surface area contributed by atoms with Crippen LogP contribution in [0, 0.1) is 6.92 Å². The summed E-state index contributed by atoms with van der Waals surface area (Å²) in [5, 5.41) is 8.82. The molecule has 86 valence electrons. The number of rotatable bonds is 3. The highest BCUT2D eigenvalue weighted by molar-refractivity contribution is 5.87. The number of hydrogen-bond donors (Lipinski definition) is 1. The van der Waals surface area contributed by atoms with Crippen LogP contribution in [0.15, 0.2) is 42.7 Å². The Morgan fingerprint density at radius 1 is 1.18 bits per heavy atom. The average Bonchev–Trinajstić information content (AvgIpc) is 2.32. The van der Waals surface area contributed by atoms with Crippen molar-refractivity contribution < 1.29 is 14.6 Å². The molecule has 0 saturated carbocycles. The fourth-order valence-corrected chi connectivity index (χ4v) is 1.33. The van der Waals surface area contributed by atoms with Crippen molar-refractivity contribution in [2.45, 2.75) is 6.92 Å². The van der Waals surface area contributed by atoms with Gasteiger partial charge < -0.3 is 9.84 Å². The molecule has 1 heterocycles. The second-order valence-corrected chi connectivity index (χ2v) is 3.63. The van der Waals surface area contributed by atoms with E-state index in [1.54, 1.807) is 0 Å². The number of nitrogens with zero attached hydrogens (tertiary/aromatic N) is 1. The van der Waals surface area contributed by atoms with E-state index in [9.17, 15) is 4.79 Å². The van der Waals surface area contributed by atoms with Crippen molar-refractivity contribution in [3.8, 4) is 11.5 Å². The lowest BCUT2D eigenvalue weighted by Gasteiger charge is -2.05. The molecule has 2 aromatic rings. The van der Waals surface area contributed by atoms with Crippen LogP contribution in [0.3, 0.4) is 0 Å². The molecule has 0 atom stereocenters. The van der Waals surface area contributed by atoms with E-state index in [-0.39, 0.29) is 5.56 Å². The lowest BCUT2D eigenvalue weighted by Crippen LogP contribution is -1.97. The Kier molecular flexibility index (Phi) is 3.05. The Hall–Kier alpha value is -2.36. The second-order valence-electron chi connectivity index (χ2n) is 3.63. The third kappa shape index (κ3) is 2.81. The lowest BCUT2D eigenvalue weighted by molar-refractivity contribution is 0.0696. The van der Waals surface area contributed by atoms with Gasteiger partial charge in [-0.05, 0) is 25.1 Å². The first-order chi connectivity index (χ1) is 8.15. The van der Waals surface area contributed by atoms with E-state index >= 15 is 0 Å². The number of carbonyl (C=O) groups is 1. The molecule has 1 aromatic heterocycles. The molecule has 0 fully saturated rings. The van der Waals surface area contributed by atoms with Crippen LogP contribution in [0.1, 0.15) is 15.9 Å². The van der Waals surface area contributed by atoms with Gasteiger partial charge in [-0.2, -0.15) is 0 Å². The van der Waals surface area contributed by atoms with Gasteiger partial charge in [0, 0.05) is 6.20 Å². The van der Waals surface area contributed by atoms with E-state index in [2.05, 4.69) is 4.98 Å². The van der Waals surface area contributed by atoms with Crippen molar-refractivity contribution in [3.63, 3.8) is 0 Å². The Morgan fingerprint density at radius 3 is 2.53 bits per heavy atom. The van der Waals surface area contributed by atoms with Crippen molar-refractivity contribution in [3.05, 3.63) is 53.9 Å². The molecule has 0 radical (unpaired) electrons. The molecule has 4 heteroatoms. The normalized spacial score (nSPS) is 9.94. The predicted molar refractivity (Wildman–Crippen MR) is 62.4 cm³/mol. The summed E-state index contributed by atoms with van der Waals surface area (Å²) in [4.78, 5) is 14.6. The first kappa shape index (κ1) is 11.1. The number of carboxylic acids is 1. The highest BCUT2D eigenvalue weighted by atomic mass is 16.5. The van der Waals surface area contributed by atoms with Gasteiger partial charge in [0.1, 0.15) is 11.5 Å². The van der Waals surface area contributed by atoms with E-state index in [0.717, 1.165) is 5.56 Å². The van der Waals surface area contributed by atoms with Gasteiger partial charge in [-0.1, -0.05) is 17.7 Å². The van der Waals surface area contributed by atoms with E-state index < -0.39 is 5.97 Å². The van der Waals surface area contributed by atoms with Crippen LogP contribution in [-0.4, -0.2) is 16.1 Å². The van der Waals surface area contributed by atoms with Crippen molar-refractivity contribution in [1.29, 1.82) is 0 Å². The molecular weight excluding hydrogens is 218 g/mol. The predicted octanol–water partition coefficient (Wildman–Crippen LogP) is 2.88. The number of aromatic carboxylic acids is 1. The van der Waals surface area contributed by atoms with Gasteiger partial charge in [-0.15, -0.1) is 0 Å². The number of aromatic nitrogens is 1. The molecule has 1 aromatic carbocycles. The molecule has 2 rings (SSSR count). The SMILES string of the molecule is Cc1ccc(Oc2cncc(C(=O)O)c2)cc1. The number of benzene rings is 1. The minimum Gasteiger partial charge on any atom is -0.478 e. The molecule has 0 aliphatic heterocycles. The zero-order valence-corrected chi connectivity index (χ0v) is 9.25. The second kappa shape index (κ2) is 4.65. The van der Waals surface area contributed by atoms with Gasteiger partial charge in [0.15, 0.2) is 0 Å². The third-order valence-electron chi connectivity index (χ3n) is 2.22. The molecule has 0 amide bonds.